The molecule has 0 bridgehead atoms. The highest BCUT2D eigenvalue weighted by atomic mass is 16.5. The van der Waals surface area contributed by atoms with E-state index in [1.165, 1.54) is 13.2 Å². The Balaban J connectivity index is 2.86. The average molecular weight is 356 g/mol. The zero-order valence-corrected chi connectivity index (χ0v) is 15.5. The van der Waals surface area contributed by atoms with Crippen LogP contribution >= 0.6 is 0 Å². The van der Waals surface area contributed by atoms with E-state index in [0.29, 0.717) is 12.0 Å². The average Bonchev–Trinajstić information content (AvgIpc) is 2.63. The van der Waals surface area contributed by atoms with Crippen molar-refractivity contribution in [3.8, 4) is 0 Å². The van der Waals surface area contributed by atoms with Crippen molar-refractivity contribution in [3.05, 3.63) is 65.0 Å². The number of allylic oxidation sites excluding steroid dienone is 2. The topological polar surface area (TPSA) is 84.5 Å². The first-order valence-corrected chi connectivity index (χ1v) is 8.20. The molecule has 1 rings (SSSR count). The maximum absolute atomic E-state index is 12.4. The number of hydrogen-bond acceptors (Lipinski definition) is 4. The van der Waals surface area contributed by atoms with Gasteiger partial charge in [0.05, 0.1) is 7.11 Å². The quantitative estimate of drug-likeness (QED) is 0.581. The lowest BCUT2D eigenvalue weighted by atomic mass is 10.2. The lowest BCUT2D eigenvalue weighted by Gasteiger charge is -2.12. The molecule has 0 aliphatic heterocycles. The summed E-state index contributed by atoms with van der Waals surface area (Å²) in [4.78, 5) is 36.3. The maximum atomic E-state index is 12.4. The standard InChI is InChI=1S/C20H24N2O4/c1-5-9-16(20(25)26-4)21-19(24)18(14(2)3)22-17(23)13-12-15-10-7-6-8-11-15/h6-13H,5H2,1-4H3,(H,21,24)(H,22,23)/b13-12+,16-9-. The summed E-state index contributed by atoms with van der Waals surface area (Å²) in [5.74, 6) is -1.68. The van der Waals surface area contributed by atoms with Crippen LogP contribution in [0.25, 0.3) is 6.08 Å². The highest BCUT2D eigenvalue weighted by Gasteiger charge is 2.18. The Hall–Kier alpha value is -3.15. The summed E-state index contributed by atoms with van der Waals surface area (Å²) in [5.41, 5.74) is 1.58. The maximum Gasteiger partial charge on any atom is 0.354 e. The molecule has 138 valence electrons. The molecule has 6 nitrogen and oxygen atoms in total. The fraction of sp³-hybridized carbons (Fsp3) is 0.250. The largest absolute Gasteiger partial charge is 0.464 e. The van der Waals surface area contributed by atoms with E-state index in [1.807, 2.05) is 37.3 Å². The molecule has 0 saturated carbocycles. The molecular formula is C20H24N2O4. The van der Waals surface area contributed by atoms with E-state index in [9.17, 15) is 14.4 Å². The number of carbonyl (C=O) groups excluding carboxylic acids is 3. The first-order chi connectivity index (χ1) is 12.4. The molecule has 1 aromatic rings. The molecule has 0 atom stereocenters. The number of amides is 2. The van der Waals surface area contributed by atoms with Crippen molar-refractivity contribution in [1.29, 1.82) is 0 Å². The highest BCUT2D eigenvalue weighted by molar-refractivity contribution is 6.05. The minimum atomic E-state index is -0.649. The van der Waals surface area contributed by atoms with Gasteiger partial charge in [0.1, 0.15) is 11.4 Å². The third kappa shape index (κ3) is 6.76. The van der Waals surface area contributed by atoms with Gasteiger partial charge in [0.15, 0.2) is 0 Å². The molecule has 1 aromatic carbocycles. The van der Waals surface area contributed by atoms with Crippen LogP contribution in [0.3, 0.4) is 0 Å². The van der Waals surface area contributed by atoms with Gasteiger partial charge >= 0.3 is 5.97 Å². The molecule has 0 aliphatic carbocycles. The Morgan fingerprint density at radius 2 is 1.73 bits per heavy atom. The van der Waals surface area contributed by atoms with Crippen LogP contribution < -0.4 is 10.6 Å². The molecule has 0 spiro atoms. The molecule has 6 heteroatoms. The van der Waals surface area contributed by atoms with Crippen LogP contribution in [0.5, 0.6) is 0 Å². The minimum absolute atomic E-state index is 0.0350. The lowest BCUT2D eigenvalue weighted by Crippen LogP contribution is -2.36. The van der Waals surface area contributed by atoms with E-state index in [2.05, 4.69) is 15.4 Å². The number of ether oxygens (including phenoxy) is 1. The van der Waals surface area contributed by atoms with Crippen molar-refractivity contribution in [2.45, 2.75) is 27.2 Å². The summed E-state index contributed by atoms with van der Waals surface area (Å²) in [6.45, 7) is 5.21. The van der Waals surface area contributed by atoms with Gasteiger partial charge in [0, 0.05) is 6.08 Å². The second-order valence-electron chi connectivity index (χ2n) is 5.58. The predicted molar refractivity (Wildman–Crippen MR) is 101 cm³/mol. The van der Waals surface area contributed by atoms with Crippen molar-refractivity contribution in [2.24, 2.45) is 0 Å². The molecule has 0 aliphatic rings. The van der Waals surface area contributed by atoms with Crippen molar-refractivity contribution >= 4 is 23.9 Å². The van der Waals surface area contributed by atoms with Crippen LogP contribution in [0.4, 0.5) is 0 Å². The summed E-state index contributed by atoms with van der Waals surface area (Å²) in [5, 5.41) is 5.03. The molecule has 0 heterocycles. The van der Waals surface area contributed by atoms with Crippen molar-refractivity contribution in [1.82, 2.24) is 10.6 Å². The van der Waals surface area contributed by atoms with E-state index in [1.54, 1.807) is 26.0 Å². The van der Waals surface area contributed by atoms with Crippen LogP contribution in [-0.2, 0) is 19.1 Å². The molecule has 0 fully saturated rings. The molecule has 0 unspecified atom stereocenters. The van der Waals surface area contributed by atoms with Gasteiger partial charge in [0.2, 0.25) is 5.91 Å². The van der Waals surface area contributed by atoms with Gasteiger partial charge < -0.3 is 15.4 Å². The van der Waals surface area contributed by atoms with Gasteiger partial charge in [-0.2, -0.15) is 0 Å². The summed E-state index contributed by atoms with van der Waals surface area (Å²) in [7, 11) is 1.23. The molecular weight excluding hydrogens is 332 g/mol. The van der Waals surface area contributed by atoms with Gasteiger partial charge in [-0.3, -0.25) is 9.59 Å². The van der Waals surface area contributed by atoms with E-state index in [0.717, 1.165) is 5.56 Å². The number of benzene rings is 1. The summed E-state index contributed by atoms with van der Waals surface area (Å²) in [6.07, 6.45) is 5.08. The van der Waals surface area contributed by atoms with E-state index >= 15 is 0 Å². The Morgan fingerprint density at radius 1 is 1.08 bits per heavy atom. The van der Waals surface area contributed by atoms with Gasteiger partial charge in [-0.25, -0.2) is 4.79 Å². The molecule has 2 amide bonds. The summed E-state index contributed by atoms with van der Waals surface area (Å²) < 4.78 is 4.64. The fourth-order valence-corrected chi connectivity index (χ4v) is 1.99. The first-order valence-electron chi connectivity index (χ1n) is 8.20. The number of methoxy groups -OCH3 is 1. The molecule has 0 aromatic heterocycles. The monoisotopic (exact) mass is 356 g/mol. The Kier molecular flexibility index (Phi) is 8.57. The van der Waals surface area contributed by atoms with E-state index in [4.69, 9.17) is 0 Å². The second-order valence-corrected chi connectivity index (χ2v) is 5.58. The van der Waals surface area contributed by atoms with Gasteiger partial charge in [0.25, 0.3) is 5.91 Å². The minimum Gasteiger partial charge on any atom is -0.464 e. The Labute approximate surface area is 153 Å². The molecule has 26 heavy (non-hydrogen) atoms. The summed E-state index contributed by atoms with van der Waals surface area (Å²) >= 11 is 0. The lowest BCUT2D eigenvalue weighted by molar-refractivity contribution is -0.137. The first kappa shape index (κ1) is 20.9. The predicted octanol–water partition coefficient (Wildman–Crippen LogP) is 2.69. The van der Waals surface area contributed by atoms with E-state index in [-0.39, 0.29) is 11.4 Å². The number of hydrogen-bond donors (Lipinski definition) is 2. The van der Waals surface area contributed by atoms with Crippen molar-refractivity contribution in [2.75, 3.05) is 7.11 Å². The highest BCUT2D eigenvalue weighted by Crippen LogP contribution is 2.05. The number of rotatable bonds is 7. The van der Waals surface area contributed by atoms with Crippen LogP contribution in [0.15, 0.2) is 59.5 Å². The van der Waals surface area contributed by atoms with E-state index < -0.39 is 17.8 Å². The molecule has 0 saturated heterocycles. The molecule has 2 N–H and O–H groups in total. The SMILES string of the molecule is CC/C=C(\NC(=O)C(NC(=O)/C=C/c1ccccc1)=C(C)C)C(=O)OC. The zero-order chi connectivity index (χ0) is 19.5. The van der Waals surface area contributed by atoms with Gasteiger partial charge in [-0.05, 0) is 37.5 Å². The van der Waals surface area contributed by atoms with Crippen LogP contribution in [0, 0.1) is 0 Å². The zero-order valence-electron chi connectivity index (χ0n) is 15.5. The van der Waals surface area contributed by atoms with Crippen LogP contribution in [-0.4, -0.2) is 24.9 Å². The van der Waals surface area contributed by atoms with Gasteiger partial charge in [-0.1, -0.05) is 43.3 Å². The third-order valence-electron chi connectivity index (χ3n) is 3.26. The summed E-state index contributed by atoms with van der Waals surface area (Å²) in [6, 6.07) is 9.32. The fourth-order valence-electron chi connectivity index (χ4n) is 1.99. The Morgan fingerprint density at radius 3 is 2.27 bits per heavy atom. The number of nitrogens with one attached hydrogen (secondary N) is 2. The van der Waals surface area contributed by atoms with Gasteiger partial charge in [-0.15, -0.1) is 0 Å². The Bertz CT molecular complexity index is 742. The smallest absolute Gasteiger partial charge is 0.354 e. The number of carbonyl (C=O) groups is 3. The van der Waals surface area contributed by atoms with Crippen LogP contribution in [0.1, 0.15) is 32.8 Å². The molecule has 0 radical (unpaired) electrons. The van der Waals surface area contributed by atoms with Crippen molar-refractivity contribution in [3.63, 3.8) is 0 Å². The second kappa shape index (κ2) is 10.7. The van der Waals surface area contributed by atoms with Crippen molar-refractivity contribution < 1.29 is 19.1 Å². The number of esters is 1. The van der Waals surface area contributed by atoms with Crippen LogP contribution in [0.2, 0.25) is 0 Å². The third-order valence-corrected chi connectivity index (χ3v) is 3.26. The normalized spacial score (nSPS) is 11.0.